The minimum atomic E-state index is -2.62. The van der Waals surface area contributed by atoms with Gasteiger partial charge in [-0.05, 0) is 71.9 Å². The molecule has 40 heavy (non-hydrogen) atoms. The van der Waals surface area contributed by atoms with Gasteiger partial charge < -0.3 is 30.0 Å². The molecule has 0 aromatic heterocycles. The maximum atomic E-state index is 9.57. The molecule has 3 rings (SSSR count). The van der Waals surface area contributed by atoms with Gasteiger partial charge in [0, 0.05) is 0 Å². The van der Waals surface area contributed by atoms with Crippen LogP contribution in [0.5, 0.6) is 17.2 Å². The average Bonchev–Trinajstić information content (AvgIpc) is 2.77. The quantitative estimate of drug-likeness (QED) is 0.151. The maximum absolute atomic E-state index is 9.57. The van der Waals surface area contributed by atoms with E-state index in [1.54, 1.807) is 18.2 Å². The molecule has 0 bridgehead atoms. The highest BCUT2D eigenvalue weighted by atomic mass is 31.2. The molecule has 0 aliphatic heterocycles. The van der Waals surface area contributed by atoms with Crippen molar-refractivity contribution in [1.29, 1.82) is 0 Å². The van der Waals surface area contributed by atoms with Crippen LogP contribution in [0.25, 0.3) is 0 Å². The fourth-order valence-corrected chi connectivity index (χ4v) is 3.75. The average molecular weight is 575 g/mol. The van der Waals surface area contributed by atoms with Crippen molar-refractivity contribution in [2.75, 3.05) is 0 Å². The molecule has 6 nitrogen and oxygen atoms in total. The summed E-state index contributed by atoms with van der Waals surface area (Å²) in [6.07, 6.45) is 0. The first-order valence-corrected chi connectivity index (χ1v) is 14.4. The fraction of sp³-hybridized carbons (Fsp3) is 0.455. The Hall–Kier alpha value is -2.63. The van der Waals surface area contributed by atoms with E-state index in [4.69, 9.17) is 14.7 Å². The zero-order chi connectivity index (χ0) is 31.6. The first kappa shape index (κ1) is 37.4. The molecule has 0 spiro atoms. The number of aromatic hydroxyl groups is 3. The monoisotopic (exact) mass is 574 g/mol. The largest absolute Gasteiger partial charge is 0.508 e. The first-order chi connectivity index (χ1) is 18.0. The third-order valence-corrected chi connectivity index (χ3v) is 5.88. The predicted octanol–water partition coefficient (Wildman–Crippen LogP) is 8.18. The molecule has 0 heterocycles. The Morgan fingerprint density at radius 1 is 0.425 bits per heavy atom. The van der Waals surface area contributed by atoms with Gasteiger partial charge in [0.2, 0.25) is 0 Å². The third-order valence-electron chi connectivity index (χ3n) is 5.88. The molecule has 0 amide bonds. The molecule has 3 aromatic rings. The lowest BCUT2D eigenvalue weighted by Gasteiger charge is -2.20. The summed E-state index contributed by atoms with van der Waals surface area (Å²) in [4.78, 5) is 21.7. The van der Waals surface area contributed by atoms with Crippen LogP contribution in [0.15, 0.2) is 54.6 Å². The smallest absolute Gasteiger partial charge is 0.324 e. The van der Waals surface area contributed by atoms with Crippen molar-refractivity contribution in [3.63, 3.8) is 0 Å². The maximum Gasteiger partial charge on any atom is 0.324 e. The summed E-state index contributed by atoms with van der Waals surface area (Å²) in [5, 5.41) is 28.7. The van der Waals surface area contributed by atoms with E-state index in [1.807, 2.05) is 57.2 Å². The topological polar surface area (TPSA) is 121 Å². The standard InChI is InChI=1S/3C11H16O.H3O3P/c3*1-8-5-6-10(12)9(7-8)11(2,3)4;1-4(2)3/h3*5-7,12H,1-4H3;1-3H. The number of hydrogen-bond donors (Lipinski definition) is 6. The highest BCUT2D eigenvalue weighted by Gasteiger charge is 2.19. The molecule has 0 aliphatic carbocycles. The number of hydrogen-bond acceptors (Lipinski definition) is 6. The molecular formula is C33H51O6P. The van der Waals surface area contributed by atoms with Crippen LogP contribution < -0.4 is 0 Å². The summed E-state index contributed by atoms with van der Waals surface area (Å²) in [5.41, 5.74) is 6.70. The minimum Gasteiger partial charge on any atom is -0.508 e. The second-order valence-electron chi connectivity index (χ2n) is 13.1. The molecule has 0 radical (unpaired) electrons. The lowest BCUT2D eigenvalue weighted by Crippen LogP contribution is -2.11. The number of phenols is 3. The van der Waals surface area contributed by atoms with Crippen molar-refractivity contribution in [1.82, 2.24) is 0 Å². The van der Waals surface area contributed by atoms with E-state index in [-0.39, 0.29) is 16.2 Å². The Morgan fingerprint density at radius 3 is 0.725 bits per heavy atom. The molecule has 0 atom stereocenters. The van der Waals surface area contributed by atoms with Crippen molar-refractivity contribution >= 4 is 8.60 Å². The second kappa shape index (κ2) is 15.4. The Kier molecular flexibility index (Phi) is 14.4. The Morgan fingerprint density at radius 2 is 0.600 bits per heavy atom. The van der Waals surface area contributed by atoms with Gasteiger partial charge in [-0.2, -0.15) is 0 Å². The third kappa shape index (κ3) is 14.1. The SMILES string of the molecule is Cc1ccc(O)c(C(C)(C)C)c1.Cc1ccc(O)c(C(C)(C)C)c1.Cc1ccc(O)c(C(C)(C)C)c1.OP(O)O. The Balaban J connectivity index is 0.000000534. The minimum absolute atomic E-state index is 0.0239. The van der Waals surface area contributed by atoms with Gasteiger partial charge in [-0.1, -0.05) is 115 Å². The van der Waals surface area contributed by atoms with E-state index >= 15 is 0 Å². The summed E-state index contributed by atoms with van der Waals surface area (Å²) in [6, 6.07) is 17.2. The van der Waals surface area contributed by atoms with Crippen LogP contribution in [0.2, 0.25) is 0 Å². The summed E-state index contributed by atoms with van der Waals surface area (Å²) >= 11 is 0. The van der Waals surface area contributed by atoms with Gasteiger partial charge in [-0.15, -0.1) is 0 Å². The van der Waals surface area contributed by atoms with Crippen LogP contribution in [0.1, 0.15) is 95.7 Å². The van der Waals surface area contributed by atoms with E-state index in [0.717, 1.165) is 16.7 Å². The normalized spacial score (nSPS) is 11.4. The zero-order valence-corrected chi connectivity index (χ0v) is 27.2. The Labute approximate surface area is 243 Å². The Bertz CT molecular complexity index is 1050. The molecular weight excluding hydrogens is 523 g/mol. The zero-order valence-electron chi connectivity index (χ0n) is 26.3. The molecule has 0 fully saturated rings. The van der Waals surface area contributed by atoms with E-state index in [0.29, 0.717) is 17.2 Å². The number of benzene rings is 3. The summed E-state index contributed by atoms with van der Waals surface area (Å²) in [7, 11) is -2.62. The van der Waals surface area contributed by atoms with E-state index in [2.05, 4.69) is 62.3 Å². The number of phenolic OH excluding ortho intramolecular Hbond substituents is 3. The predicted molar refractivity (Wildman–Crippen MR) is 168 cm³/mol. The van der Waals surface area contributed by atoms with Gasteiger partial charge in [0.15, 0.2) is 0 Å². The molecule has 6 N–H and O–H groups in total. The van der Waals surface area contributed by atoms with Crippen LogP contribution in [0.3, 0.4) is 0 Å². The summed E-state index contributed by atoms with van der Waals surface area (Å²) < 4.78 is 0. The van der Waals surface area contributed by atoms with E-state index < -0.39 is 8.60 Å². The highest BCUT2D eigenvalue weighted by Crippen LogP contribution is 2.32. The second-order valence-corrected chi connectivity index (χ2v) is 13.6. The van der Waals surface area contributed by atoms with Gasteiger partial charge >= 0.3 is 8.60 Å². The van der Waals surface area contributed by atoms with Gasteiger partial charge in [0.1, 0.15) is 17.2 Å². The van der Waals surface area contributed by atoms with Crippen LogP contribution in [0, 0.1) is 20.8 Å². The van der Waals surface area contributed by atoms with Crippen molar-refractivity contribution in [3.05, 3.63) is 88.0 Å². The van der Waals surface area contributed by atoms with Crippen molar-refractivity contribution < 1.29 is 30.0 Å². The van der Waals surface area contributed by atoms with Crippen LogP contribution >= 0.6 is 8.60 Å². The molecule has 0 saturated heterocycles. The van der Waals surface area contributed by atoms with Crippen LogP contribution in [-0.4, -0.2) is 30.0 Å². The number of rotatable bonds is 0. The van der Waals surface area contributed by atoms with Crippen LogP contribution in [0.4, 0.5) is 0 Å². The molecule has 0 aliphatic rings. The highest BCUT2D eigenvalue weighted by molar-refractivity contribution is 7.38. The molecule has 0 unspecified atom stereocenters. The van der Waals surface area contributed by atoms with E-state index in [1.165, 1.54) is 16.7 Å². The molecule has 7 heteroatoms. The van der Waals surface area contributed by atoms with Gasteiger partial charge in [-0.3, -0.25) is 0 Å². The molecule has 224 valence electrons. The van der Waals surface area contributed by atoms with Crippen molar-refractivity contribution in [2.24, 2.45) is 0 Å². The van der Waals surface area contributed by atoms with Gasteiger partial charge in [0.05, 0.1) is 0 Å². The van der Waals surface area contributed by atoms with Crippen molar-refractivity contribution in [3.8, 4) is 17.2 Å². The van der Waals surface area contributed by atoms with E-state index in [9.17, 15) is 15.3 Å². The van der Waals surface area contributed by atoms with Gasteiger partial charge in [0.25, 0.3) is 0 Å². The first-order valence-electron chi connectivity index (χ1n) is 13.2. The lowest BCUT2D eigenvalue weighted by molar-refractivity contribution is 0.368. The lowest BCUT2D eigenvalue weighted by atomic mass is 9.85. The molecule has 0 saturated carbocycles. The summed E-state index contributed by atoms with van der Waals surface area (Å²) in [6.45, 7) is 25.0. The molecule has 3 aromatic carbocycles. The van der Waals surface area contributed by atoms with Crippen LogP contribution in [-0.2, 0) is 16.2 Å². The summed E-state index contributed by atoms with van der Waals surface area (Å²) in [5.74, 6) is 1.19. The number of aryl methyl sites for hydroxylation is 3. The van der Waals surface area contributed by atoms with Gasteiger partial charge in [-0.25, -0.2) is 0 Å². The van der Waals surface area contributed by atoms with Crippen molar-refractivity contribution in [2.45, 2.75) is 99.3 Å². The fourth-order valence-electron chi connectivity index (χ4n) is 3.75.